The fourth-order valence-corrected chi connectivity index (χ4v) is 2.07. The molecule has 0 atom stereocenters. The van der Waals surface area contributed by atoms with Crippen molar-refractivity contribution in [2.75, 3.05) is 7.11 Å². The van der Waals surface area contributed by atoms with Gasteiger partial charge in [0.15, 0.2) is 0 Å². The summed E-state index contributed by atoms with van der Waals surface area (Å²) in [7, 11) is 1.67. The largest absolute Gasteiger partial charge is 0.496 e. The normalized spacial score (nSPS) is 11.1. The summed E-state index contributed by atoms with van der Waals surface area (Å²) in [5, 5.41) is 1.02. The third-order valence-corrected chi connectivity index (χ3v) is 3.09. The van der Waals surface area contributed by atoms with Gasteiger partial charge in [-0.1, -0.05) is 12.1 Å². The first-order valence-electron chi connectivity index (χ1n) is 6.39. The van der Waals surface area contributed by atoms with Crippen LogP contribution in [0.15, 0.2) is 54.9 Å². The SMILES string of the molecule is COc1cccc2nc(/C=C/c3ccncc3)ccc12. The summed E-state index contributed by atoms with van der Waals surface area (Å²) in [6.07, 6.45) is 7.57. The second-order valence-electron chi connectivity index (χ2n) is 4.38. The molecule has 2 aromatic heterocycles. The number of fused-ring (bicyclic) bond motifs is 1. The van der Waals surface area contributed by atoms with Crippen LogP contribution in [0.3, 0.4) is 0 Å². The minimum atomic E-state index is 0.847. The van der Waals surface area contributed by atoms with Gasteiger partial charge in [-0.25, -0.2) is 4.98 Å². The van der Waals surface area contributed by atoms with Crippen LogP contribution in [0.2, 0.25) is 0 Å². The van der Waals surface area contributed by atoms with Crippen molar-refractivity contribution in [1.29, 1.82) is 0 Å². The maximum Gasteiger partial charge on any atom is 0.128 e. The Bertz CT molecular complexity index is 751. The fraction of sp³-hybridized carbons (Fsp3) is 0.0588. The molecule has 3 nitrogen and oxygen atoms in total. The van der Waals surface area contributed by atoms with E-state index in [0.717, 1.165) is 27.9 Å². The molecular formula is C17H14N2O. The highest BCUT2D eigenvalue weighted by Crippen LogP contribution is 2.24. The Labute approximate surface area is 117 Å². The molecule has 2 heterocycles. The lowest BCUT2D eigenvalue weighted by molar-refractivity contribution is 0.420. The summed E-state index contributed by atoms with van der Waals surface area (Å²) in [5.41, 5.74) is 2.95. The Morgan fingerprint density at radius 3 is 2.60 bits per heavy atom. The first-order valence-corrected chi connectivity index (χ1v) is 6.39. The molecule has 3 aromatic rings. The quantitative estimate of drug-likeness (QED) is 0.720. The molecule has 3 rings (SSSR count). The van der Waals surface area contributed by atoms with E-state index < -0.39 is 0 Å². The summed E-state index contributed by atoms with van der Waals surface area (Å²) in [5.74, 6) is 0.847. The number of hydrogen-bond acceptors (Lipinski definition) is 3. The van der Waals surface area contributed by atoms with Gasteiger partial charge in [-0.15, -0.1) is 0 Å². The van der Waals surface area contributed by atoms with E-state index in [4.69, 9.17) is 4.74 Å². The van der Waals surface area contributed by atoms with Gasteiger partial charge in [0, 0.05) is 17.8 Å². The number of aromatic nitrogens is 2. The van der Waals surface area contributed by atoms with Crippen LogP contribution in [0, 0.1) is 0 Å². The van der Waals surface area contributed by atoms with E-state index in [0.29, 0.717) is 0 Å². The summed E-state index contributed by atoms with van der Waals surface area (Å²) in [4.78, 5) is 8.61. The number of pyridine rings is 2. The summed E-state index contributed by atoms with van der Waals surface area (Å²) >= 11 is 0. The summed E-state index contributed by atoms with van der Waals surface area (Å²) in [6.45, 7) is 0. The minimum absolute atomic E-state index is 0.847. The molecule has 0 unspecified atom stereocenters. The molecule has 98 valence electrons. The van der Waals surface area contributed by atoms with Gasteiger partial charge >= 0.3 is 0 Å². The standard InChI is InChI=1S/C17H14N2O/c1-20-17-4-2-3-16-15(17)8-7-14(19-16)6-5-13-9-11-18-12-10-13/h2-12H,1H3/b6-5+. The van der Waals surface area contributed by atoms with E-state index in [1.54, 1.807) is 19.5 Å². The molecule has 0 radical (unpaired) electrons. The molecule has 1 aromatic carbocycles. The predicted octanol–water partition coefficient (Wildman–Crippen LogP) is 3.81. The molecule has 0 N–H and O–H groups in total. The topological polar surface area (TPSA) is 35.0 Å². The molecule has 0 aliphatic heterocycles. The van der Waals surface area contributed by atoms with Gasteiger partial charge in [0.1, 0.15) is 5.75 Å². The highest BCUT2D eigenvalue weighted by atomic mass is 16.5. The van der Waals surface area contributed by atoms with E-state index in [9.17, 15) is 0 Å². The minimum Gasteiger partial charge on any atom is -0.496 e. The monoisotopic (exact) mass is 262 g/mol. The van der Waals surface area contributed by atoms with Crippen molar-refractivity contribution in [3.63, 3.8) is 0 Å². The van der Waals surface area contributed by atoms with Gasteiger partial charge in [0.05, 0.1) is 18.3 Å². The maximum atomic E-state index is 5.33. The first kappa shape index (κ1) is 12.4. The molecule has 0 bridgehead atoms. The smallest absolute Gasteiger partial charge is 0.128 e. The molecule has 20 heavy (non-hydrogen) atoms. The molecule has 0 saturated heterocycles. The van der Waals surface area contributed by atoms with Crippen LogP contribution in [-0.2, 0) is 0 Å². The van der Waals surface area contributed by atoms with E-state index in [1.165, 1.54) is 0 Å². The van der Waals surface area contributed by atoms with Gasteiger partial charge in [0.2, 0.25) is 0 Å². The van der Waals surface area contributed by atoms with Crippen LogP contribution in [0.5, 0.6) is 5.75 Å². The molecule has 0 aliphatic rings. The zero-order valence-electron chi connectivity index (χ0n) is 11.2. The second kappa shape index (κ2) is 5.53. The highest BCUT2D eigenvalue weighted by molar-refractivity contribution is 5.86. The van der Waals surface area contributed by atoms with Crippen LogP contribution < -0.4 is 4.74 Å². The lowest BCUT2D eigenvalue weighted by Gasteiger charge is -2.04. The van der Waals surface area contributed by atoms with Crippen LogP contribution >= 0.6 is 0 Å². The molecule has 3 heteroatoms. The Morgan fingerprint density at radius 1 is 0.950 bits per heavy atom. The van der Waals surface area contributed by atoms with Crippen molar-refractivity contribution in [3.05, 3.63) is 66.1 Å². The van der Waals surface area contributed by atoms with Crippen LogP contribution in [-0.4, -0.2) is 17.1 Å². The molecule has 0 aliphatic carbocycles. The van der Waals surface area contributed by atoms with E-state index in [-0.39, 0.29) is 0 Å². The van der Waals surface area contributed by atoms with Gasteiger partial charge in [-0.3, -0.25) is 4.98 Å². The van der Waals surface area contributed by atoms with Gasteiger partial charge in [-0.2, -0.15) is 0 Å². The Balaban J connectivity index is 1.96. The Hall–Kier alpha value is -2.68. The van der Waals surface area contributed by atoms with Crippen LogP contribution in [0.1, 0.15) is 11.3 Å². The van der Waals surface area contributed by atoms with Gasteiger partial charge in [-0.05, 0) is 48.0 Å². The molecular weight excluding hydrogens is 248 g/mol. The highest BCUT2D eigenvalue weighted by Gasteiger charge is 2.01. The fourth-order valence-electron chi connectivity index (χ4n) is 2.07. The Kier molecular flexibility index (Phi) is 3.42. The zero-order valence-corrected chi connectivity index (χ0v) is 11.2. The van der Waals surface area contributed by atoms with E-state index in [2.05, 4.69) is 9.97 Å². The average molecular weight is 262 g/mol. The van der Waals surface area contributed by atoms with Crippen LogP contribution in [0.4, 0.5) is 0 Å². The summed E-state index contributed by atoms with van der Waals surface area (Å²) < 4.78 is 5.33. The Morgan fingerprint density at radius 2 is 1.80 bits per heavy atom. The van der Waals surface area contributed by atoms with Gasteiger partial charge in [0.25, 0.3) is 0 Å². The average Bonchev–Trinajstić information content (AvgIpc) is 2.53. The van der Waals surface area contributed by atoms with E-state index >= 15 is 0 Å². The lowest BCUT2D eigenvalue weighted by atomic mass is 10.1. The first-order chi connectivity index (χ1) is 9.86. The van der Waals surface area contributed by atoms with Gasteiger partial charge < -0.3 is 4.74 Å². The van der Waals surface area contributed by atoms with E-state index in [1.807, 2.05) is 54.6 Å². The van der Waals surface area contributed by atoms with Crippen molar-refractivity contribution in [2.45, 2.75) is 0 Å². The molecule has 0 fully saturated rings. The van der Waals surface area contributed by atoms with Crippen LogP contribution in [0.25, 0.3) is 23.1 Å². The lowest BCUT2D eigenvalue weighted by Crippen LogP contribution is -1.88. The number of nitrogens with zero attached hydrogens (tertiary/aromatic N) is 2. The summed E-state index contributed by atoms with van der Waals surface area (Å²) in [6, 6.07) is 13.8. The number of rotatable bonds is 3. The van der Waals surface area contributed by atoms with Crippen molar-refractivity contribution >= 4 is 23.1 Å². The molecule has 0 saturated carbocycles. The van der Waals surface area contributed by atoms with Crippen molar-refractivity contribution < 1.29 is 4.74 Å². The van der Waals surface area contributed by atoms with Crippen molar-refractivity contribution in [3.8, 4) is 5.75 Å². The predicted molar refractivity (Wildman–Crippen MR) is 81.5 cm³/mol. The third kappa shape index (κ3) is 2.52. The third-order valence-electron chi connectivity index (χ3n) is 3.09. The second-order valence-corrected chi connectivity index (χ2v) is 4.38. The number of ether oxygens (including phenoxy) is 1. The van der Waals surface area contributed by atoms with Crippen molar-refractivity contribution in [2.24, 2.45) is 0 Å². The maximum absolute atomic E-state index is 5.33. The molecule has 0 spiro atoms. The number of benzene rings is 1. The zero-order chi connectivity index (χ0) is 13.8. The van der Waals surface area contributed by atoms with Crippen molar-refractivity contribution in [1.82, 2.24) is 9.97 Å². The molecule has 0 amide bonds. The number of hydrogen-bond donors (Lipinski definition) is 0. The number of methoxy groups -OCH3 is 1.